The van der Waals surface area contributed by atoms with Gasteiger partial charge in [-0.3, -0.25) is 9.36 Å². The molecule has 2 aliphatic heterocycles. The summed E-state index contributed by atoms with van der Waals surface area (Å²) < 4.78 is 7.69. The molecule has 0 bridgehead atoms. The number of fused-ring (bicyclic) bond motifs is 1. The van der Waals surface area contributed by atoms with Crippen LogP contribution in [0.2, 0.25) is 5.02 Å². The first-order valence-electron chi connectivity index (χ1n) is 13.8. The third-order valence-electron chi connectivity index (χ3n) is 7.52. The minimum atomic E-state index is -0.723. The Labute approximate surface area is 247 Å². The van der Waals surface area contributed by atoms with Crippen LogP contribution in [-0.4, -0.2) is 30.2 Å². The molecular formula is C33H30ClN3O3S. The topological polar surface area (TPSA) is 63.9 Å². The Morgan fingerprint density at radius 2 is 1.80 bits per heavy atom. The van der Waals surface area contributed by atoms with Gasteiger partial charge in [0.1, 0.15) is 0 Å². The third-order valence-corrected chi connectivity index (χ3v) is 8.76. The highest BCUT2D eigenvalue weighted by molar-refractivity contribution is 7.07. The van der Waals surface area contributed by atoms with Crippen LogP contribution < -0.4 is 19.8 Å². The van der Waals surface area contributed by atoms with Gasteiger partial charge in [0.25, 0.3) is 5.56 Å². The van der Waals surface area contributed by atoms with Gasteiger partial charge >= 0.3 is 5.97 Å². The number of ether oxygens (including phenoxy) is 1. The van der Waals surface area contributed by atoms with Crippen molar-refractivity contribution < 1.29 is 9.53 Å². The molecule has 0 amide bonds. The van der Waals surface area contributed by atoms with Crippen molar-refractivity contribution >= 4 is 46.4 Å². The summed E-state index contributed by atoms with van der Waals surface area (Å²) in [5.41, 5.74) is 5.53. The van der Waals surface area contributed by atoms with Gasteiger partial charge in [-0.25, -0.2) is 9.79 Å². The zero-order chi connectivity index (χ0) is 28.5. The maximum absolute atomic E-state index is 14.1. The Morgan fingerprint density at radius 1 is 1.07 bits per heavy atom. The van der Waals surface area contributed by atoms with Gasteiger partial charge in [0, 0.05) is 29.4 Å². The van der Waals surface area contributed by atoms with Gasteiger partial charge in [-0.15, -0.1) is 0 Å². The van der Waals surface area contributed by atoms with Crippen molar-refractivity contribution in [3.63, 3.8) is 0 Å². The number of aryl methyl sites for hydroxylation is 1. The zero-order valence-electron chi connectivity index (χ0n) is 23.0. The van der Waals surface area contributed by atoms with Crippen molar-refractivity contribution in [2.24, 2.45) is 4.99 Å². The molecule has 6 rings (SSSR count). The summed E-state index contributed by atoms with van der Waals surface area (Å²) in [6.07, 6.45) is 4.35. The van der Waals surface area contributed by atoms with E-state index in [9.17, 15) is 9.59 Å². The molecule has 3 aromatic carbocycles. The minimum Gasteiger partial charge on any atom is -0.463 e. The molecule has 2 aliphatic rings. The molecule has 8 heteroatoms. The van der Waals surface area contributed by atoms with E-state index in [0.29, 0.717) is 25.6 Å². The van der Waals surface area contributed by atoms with Crippen LogP contribution in [0.1, 0.15) is 48.1 Å². The fourth-order valence-corrected chi connectivity index (χ4v) is 6.76. The number of carbonyl (C=O) groups is 1. The molecule has 0 aliphatic carbocycles. The number of esters is 1. The van der Waals surface area contributed by atoms with Crippen LogP contribution in [0.3, 0.4) is 0 Å². The lowest BCUT2D eigenvalue weighted by atomic mass is 9.93. The molecule has 0 unspecified atom stereocenters. The summed E-state index contributed by atoms with van der Waals surface area (Å²) in [6.45, 7) is 6.25. The summed E-state index contributed by atoms with van der Waals surface area (Å²) in [7, 11) is 0. The quantitative estimate of drug-likeness (QED) is 0.281. The van der Waals surface area contributed by atoms with Crippen molar-refractivity contribution in [3.05, 3.63) is 125 Å². The van der Waals surface area contributed by atoms with Gasteiger partial charge < -0.3 is 9.64 Å². The average Bonchev–Trinajstić information content (AvgIpc) is 3.62. The minimum absolute atomic E-state index is 0.203. The van der Waals surface area contributed by atoms with Crippen LogP contribution in [0, 0.1) is 6.92 Å². The lowest BCUT2D eigenvalue weighted by Crippen LogP contribution is -2.40. The molecule has 0 spiro atoms. The predicted molar refractivity (Wildman–Crippen MR) is 165 cm³/mol. The number of anilines is 1. The van der Waals surface area contributed by atoms with E-state index in [1.165, 1.54) is 35.4 Å². The van der Waals surface area contributed by atoms with E-state index >= 15 is 0 Å². The lowest BCUT2D eigenvalue weighted by Gasteiger charge is -2.26. The van der Waals surface area contributed by atoms with E-state index in [-0.39, 0.29) is 12.2 Å². The SMILES string of the molecule is CCOC(=O)C1=C(c2ccccc2)N=c2s/c(=C/c3ccc(N4CCCC4)c(C)c3)c(=O)n2[C@H]1c1ccc(Cl)cc1. The highest BCUT2D eigenvalue weighted by Crippen LogP contribution is 2.35. The van der Waals surface area contributed by atoms with Crippen molar-refractivity contribution in [2.45, 2.75) is 32.7 Å². The molecule has 0 N–H and O–H groups in total. The first-order valence-corrected chi connectivity index (χ1v) is 15.0. The second kappa shape index (κ2) is 11.5. The van der Waals surface area contributed by atoms with Crippen molar-refractivity contribution in [2.75, 3.05) is 24.6 Å². The zero-order valence-corrected chi connectivity index (χ0v) is 24.5. The Bertz CT molecular complexity index is 1820. The Kier molecular flexibility index (Phi) is 7.65. The molecule has 0 saturated carbocycles. The number of carbonyl (C=O) groups excluding carboxylic acids is 1. The number of benzene rings is 3. The van der Waals surface area contributed by atoms with Gasteiger partial charge in [0.2, 0.25) is 0 Å². The van der Waals surface area contributed by atoms with Gasteiger partial charge in [0.15, 0.2) is 4.80 Å². The fraction of sp³-hybridized carbons (Fsp3) is 0.242. The van der Waals surface area contributed by atoms with Crippen molar-refractivity contribution in [1.82, 2.24) is 4.57 Å². The van der Waals surface area contributed by atoms with Gasteiger partial charge in [-0.05, 0) is 73.7 Å². The Hall–Kier alpha value is -3.94. The van der Waals surface area contributed by atoms with Gasteiger partial charge in [-0.2, -0.15) is 0 Å². The van der Waals surface area contributed by atoms with Gasteiger partial charge in [-0.1, -0.05) is 71.5 Å². The summed E-state index contributed by atoms with van der Waals surface area (Å²) in [4.78, 5) is 35.5. The number of hydrogen-bond donors (Lipinski definition) is 0. The number of thiazole rings is 1. The normalized spacial score (nSPS) is 17.0. The van der Waals surface area contributed by atoms with Crippen LogP contribution in [0.15, 0.2) is 88.2 Å². The molecule has 3 heterocycles. The molecule has 0 radical (unpaired) electrons. The molecule has 1 saturated heterocycles. The highest BCUT2D eigenvalue weighted by Gasteiger charge is 2.35. The molecule has 41 heavy (non-hydrogen) atoms. The van der Waals surface area contributed by atoms with E-state index in [1.54, 1.807) is 23.6 Å². The van der Waals surface area contributed by atoms with E-state index in [2.05, 4.69) is 30.0 Å². The Morgan fingerprint density at radius 3 is 2.49 bits per heavy atom. The lowest BCUT2D eigenvalue weighted by molar-refractivity contribution is -0.138. The van der Waals surface area contributed by atoms with E-state index < -0.39 is 12.0 Å². The monoisotopic (exact) mass is 583 g/mol. The average molecular weight is 584 g/mol. The summed E-state index contributed by atoms with van der Waals surface area (Å²) >= 11 is 7.54. The summed E-state index contributed by atoms with van der Waals surface area (Å²) in [5, 5.41) is 0.568. The van der Waals surface area contributed by atoms with E-state index in [1.807, 2.05) is 48.5 Å². The molecule has 208 valence electrons. The number of aromatic nitrogens is 1. The number of rotatable bonds is 6. The second-order valence-electron chi connectivity index (χ2n) is 10.2. The molecule has 6 nitrogen and oxygen atoms in total. The maximum Gasteiger partial charge on any atom is 0.338 e. The summed E-state index contributed by atoms with van der Waals surface area (Å²) in [5.74, 6) is -0.502. The second-order valence-corrected chi connectivity index (χ2v) is 11.7. The van der Waals surface area contributed by atoms with Crippen LogP contribution in [0.25, 0.3) is 11.8 Å². The number of hydrogen-bond acceptors (Lipinski definition) is 6. The fourth-order valence-electron chi connectivity index (χ4n) is 5.63. The Balaban J connectivity index is 1.55. The molecule has 1 atom stereocenters. The molecule has 1 aromatic heterocycles. The molecular weight excluding hydrogens is 554 g/mol. The largest absolute Gasteiger partial charge is 0.463 e. The molecule has 1 fully saturated rings. The van der Waals surface area contributed by atoms with Crippen LogP contribution >= 0.6 is 22.9 Å². The van der Waals surface area contributed by atoms with Crippen molar-refractivity contribution in [3.8, 4) is 0 Å². The predicted octanol–water partition coefficient (Wildman–Crippen LogP) is 5.50. The number of nitrogens with zero attached hydrogens (tertiary/aromatic N) is 3. The standard InChI is InChI=1S/C33H30ClN3O3S/c1-3-40-32(39)28-29(23-9-5-4-6-10-23)35-33-37(30(28)24-12-14-25(34)15-13-24)31(38)27(41-33)20-22-11-16-26(21(2)19-22)36-17-7-8-18-36/h4-6,9-16,19-20,30H,3,7-8,17-18H2,1-2H3/b27-20+/t30-/m0/s1. The van der Waals surface area contributed by atoms with Crippen LogP contribution in [0.4, 0.5) is 5.69 Å². The first kappa shape index (κ1) is 27.2. The third kappa shape index (κ3) is 5.27. The van der Waals surface area contributed by atoms with Crippen molar-refractivity contribution in [1.29, 1.82) is 0 Å². The first-order chi connectivity index (χ1) is 19.9. The van der Waals surface area contributed by atoms with E-state index in [4.69, 9.17) is 21.3 Å². The van der Waals surface area contributed by atoms with Gasteiger partial charge in [0.05, 0.1) is 28.5 Å². The molecule has 4 aromatic rings. The van der Waals surface area contributed by atoms with E-state index in [0.717, 1.165) is 29.8 Å². The smallest absolute Gasteiger partial charge is 0.338 e. The summed E-state index contributed by atoms with van der Waals surface area (Å²) in [6, 6.07) is 22.4. The number of halogens is 1. The van der Waals surface area contributed by atoms with Crippen LogP contribution in [-0.2, 0) is 9.53 Å². The van der Waals surface area contributed by atoms with Crippen LogP contribution in [0.5, 0.6) is 0 Å². The maximum atomic E-state index is 14.1. The highest BCUT2D eigenvalue weighted by atomic mass is 35.5.